The smallest absolute Gasteiger partial charge is 0.316 e. The Balaban J connectivity index is 1.60. The summed E-state index contributed by atoms with van der Waals surface area (Å²) in [5, 5.41) is 14.2. The Morgan fingerprint density at radius 2 is 1.85 bits per heavy atom. The minimum absolute atomic E-state index is 0.0541. The predicted octanol–water partition coefficient (Wildman–Crippen LogP) is 8.03. The van der Waals surface area contributed by atoms with E-state index in [1.54, 1.807) is 30.3 Å². The van der Waals surface area contributed by atoms with Crippen molar-refractivity contribution >= 4 is 39.7 Å². The zero-order valence-corrected chi connectivity index (χ0v) is 20.1. The average Bonchev–Trinajstić information content (AvgIpc) is 3.22. The highest BCUT2D eigenvalue weighted by molar-refractivity contribution is 7.11. The van der Waals surface area contributed by atoms with E-state index in [4.69, 9.17) is 21.1 Å². The van der Waals surface area contributed by atoms with E-state index < -0.39 is 23.8 Å². The molecule has 4 rings (SSSR count). The molecular formula is C27H21ClFNO3S. The fourth-order valence-electron chi connectivity index (χ4n) is 3.70. The van der Waals surface area contributed by atoms with Crippen molar-refractivity contribution in [3.8, 4) is 17.6 Å². The van der Waals surface area contributed by atoms with Gasteiger partial charge >= 0.3 is 5.97 Å². The molecule has 0 radical (unpaired) electrons. The summed E-state index contributed by atoms with van der Waals surface area (Å²) in [7, 11) is 0. The summed E-state index contributed by atoms with van der Waals surface area (Å²) < 4.78 is 25.6. The van der Waals surface area contributed by atoms with Crippen LogP contribution in [0, 0.1) is 23.1 Å². The number of nitriles is 1. The Bertz CT molecular complexity index is 1360. The lowest BCUT2D eigenvalue weighted by atomic mass is 9.92. The molecule has 3 aromatic carbocycles. The lowest BCUT2D eigenvalue weighted by Crippen LogP contribution is -2.22. The maximum absolute atomic E-state index is 14.4. The van der Waals surface area contributed by atoms with Gasteiger partial charge < -0.3 is 9.47 Å². The Labute approximate surface area is 206 Å². The number of esters is 1. The molecule has 0 aliphatic carbocycles. The van der Waals surface area contributed by atoms with Gasteiger partial charge in [-0.1, -0.05) is 55.8 Å². The average molecular weight is 494 g/mol. The molecule has 0 saturated heterocycles. The summed E-state index contributed by atoms with van der Waals surface area (Å²) in [4.78, 5) is 14.1. The summed E-state index contributed by atoms with van der Waals surface area (Å²) in [6, 6.07) is 20.3. The van der Waals surface area contributed by atoms with E-state index in [0.717, 1.165) is 15.6 Å². The van der Waals surface area contributed by atoms with Crippen LogP contribution in [0.2, 0.25) is 5.02 Å². The molecule has 0 aliphatic heterocycles. The van der Waals surface area contributed by atoms with Crippen molar-refractivity contribution in [2.45, 2.75) is 25.9 Å². The van der Waals surface area contributed by atoms with Crippen LogP contribution in [0.15, 0.2) is 72.1 Å². The highest BCUT2D eigenvalue weighted by Gasteiger charge is 2.31. The van der Waals surface area contributed by atoms with Gasteiger partial charge in [0.05, 0.1) is 5.92 Å². The van der Waals surface area contributed by atoms with Crippen molar-refractivity contribution in [3.05, 3.63) is 93.4 Å². The van der Waals surface area contributed by atoms with Gasteiger partial charge in [0.25, 0.3) is 0 Å². The number of hydrogen-bond acceptors (Lipinski definition) is 5. The maximum Gasteiger partial charge on any atom is 0.316 e. The van der Waals surface area contributed by atoms with E-state index in [0.29, 0.717) is 16.3 Å². The molecule has 1 aromatic heterocycles. The summed E-state index contributed by atoms with van der Waals surface area (Å²) in [5.74, 6) is -1.35. The van der Waals surface area contributed by atoms with Gasteiger partial charge in [0, 0.05) is 15.5 Å². The molecular weight excluding hydrogens is 473 g/mol. The number of hydrogen-bond donors (Lipinski definition) is 0. The van der Waals surface area contributed by atoms with Crippen molar-refractivity contribution in [2.24, 2.45) is 5.92 Å². The van der Waals surface area contributed by atoms with Gasteiger partial charge in [0.2, 0.25) is 6.10 Å². The second kappa shape index (κ2) is 10.3. The first-order chi connectivity index (χ1) is 16.4. The predicted molar refractivity (Wildman–Crippen MR) is 132 cm³/mol. The summed E-state index contributed by atoms with van der Waals surface area (Å²) in [6.07, 6.45) is -1.21. The number of thiophene rings is 1. The number of nitrogens with zero attached hydrogens (tertiary/aromatic N) is 1. The highest BCUT2D eigenvalue weighted by atomic mass is 35.5. The Kier molecular flexibility index (Phi) is 7.16. The number of rotatable bonds is 7. The lowest BCUT2D eigenvalue weighted by Gasteiger charge is -2.21. The molecule has 0 bridgehead atoms. The van der Waals surface area contributed by atoms with Gasteiger partial charge in [0.1, 0.15) is 11.8 Å². The number of fused-ring (bicyclic) bond motifs is 1. The van der Waals surface area contributed by atoms with E-state index >= 15 is 0 Å². The van der Waals surface area contributed by atoms with Crippen LogP contribution in [-0.4, -0.2) is 5.97 Å². The van der Waals surface area contributed by atoms with Gasteiger partial charge in [-0.15, -0.1) is 11.3 Å². The number of benzene rings is 3. The summed E-state index contributed by atoms with van der Waals surface area (Å²) in [6.45, 7) is 3.86. The van der Waals surface area contributed by atoms with E-state index in [9.17, 15) is 14.4 Å². The Hall–Kier alpha value is -3.40. The van der Waals surface area contributed by atoms with Crippen LogP contribution in [0.5, 0.6) is 11.5 Å². The second-order valence-electron chi connectivity index (χ2n) is 8.10. The second-order valence-corrected chi connectivity index (χ2v) is 9.45. The van der Waals surface area contributed by atoms with Crippen LogP contribution in [0.25, 0.3) is 10.8 Å². The summed E-state index contributed by atoms with van der Waals surface area (Å²) >= 11 is 7.56. The van der Waals surface area contributed by atoms with E-state index in [1.165, 1.54) is 29.5 Å². The van der Waals surface area contributed by atoms with Gasteiger partial charge in [0.15, 0.2) is 11.6 Å². The first-order valence-electron chi connectivity index (χ1n) is 10.7. The zero-order chi connectivity index (χ0) is 24.2. The van der Waals surface area contributed by atoms with Gasteiger partial charge in [-0.3, -0.25) is 4.79 Å². The molecule has 7 heteroatoms. The van der Waals surface area contributed by atoms with Crippen molar-refractivity contribution < 1.29 is 18.7 Å². The number of carbonyl (C=O) groups excluding carboxylic acids is 1. The minimum atomic E-state index is -1.21. The molecule has 0 aliphatic rings. The Morgan fingerprint density at radius 1 is 1.09 bits per heavy atom. The van der Waals surface area contributed by atoms with E-state index in [-0.39, 0.29) is 11.7 Å². The number of ether oxygens (including phenoxy) is 2. The molecule has 1 heterocycles. The summed E-state index contributed by atoms with van der Waals surface area (Å²) in [5.41, 5.74) is 0.327. The van der Waals surface area contributed by atoms with Crippen LogP contribution < -0.4 is 4.74 Å². The van der Waals surface area contributed by atoms with Gasteiger partial charge in [-0.2, -0.15) is 5.26 Å². The Morgan fingerprint density at radius 3 is 2.56 bits per heavy atom. The first-order valence-corrected chi connectivity index (χ1v) is 11.9. The fraction of sp³-hybridized carbons (Fsp3) is 0.185. The van der Waals surface area contributed by atoms with Crippen LogP contribution in [0.4, 0.5) is 4.39 Å². The van der Waals surface area contributed by atoms with Crippen LogP contribution in [-0.2, 0) is 9.53 Å². The third kappa shape index (κ3) is 5.06. The molecule has 0 saturated carbocycles. The molecule has 0 N–H and O–H groups in total. The monoisotopic (exact) mass is 493 g/mol. The molecule has 0 fully saturated rings. The number of halogens is 2. The van der Waals surface area contributed by atoms with Crippen molar-refractivity contribution in [1.29, 1.82) is 5.26 Å². The molecule has 4 nitrogen and oxygen atoms in total. The van der Waals surface area contributed by atoms with E-state index in [2.05, 4.69) is 0 Å². The quantitative estimate of drug-likeness (QED) is 0.244. The third-order valence-electron chi connectivity index (χ3n) is 5.38. The minimum Gasteiger partial charge on any atom is -0.454 e. The number of carbonyl (C=O) groups is 1. The molecule has 2 unspecified atom stereocenters. The van der Waals surface area contributed by atoms with Crippen molar-refractivity contribution in [2.75, 3.05) is 0 Å². The third-order valence-corrected chi connectivity index (χ3v) is 6.71. The molecule has 2 atom stereocenters. The largest absolute Gasteiger partial charge is 0.454 e. The SMILES string of the molecule is CC(C)C(C(=O)OC(C#N)c1ccc(F)c(Oc2ccccc2)c1)c1scc2cc(Cl)ccc12. The normalized spacial score (nSPS) is 12.8. The lowest BCUT2D eigenvalue weighted by molar-refractivity contribution is -0.149. The van der Waals surface area contributed by atoms with Crippen LogP contribution in [0.1, 0.15) is 36.3 Å². The molecule has 4 aromatic rings. The van der Waals surface area contributed by atoms with Gasteiger partial charge in [-0.05, 0) is 58.5 Å². The van der Waals surface area contributed by atoms with Crippen molar-refractivity contribution in [3.63, 3.8) is 0 Å². The number of para-hydroxylation sites is 1. The van der Waals surface area contributed by atoms with Crippen LogP contribution >= 0.6 is 22.9 Å². The fourth-order valence-corrected chi connectivity index (χ4v) is 5.16. The highest BCUT2D eigenvalue weighted by Crippen LogP contribution is 2.39. The van der Waals surface area contributed by atoms with Crippen molar-refractivity contribution in [1.82, 2.24) is 0 Å². The molecule has 0 amide bonds. The molecule has 0 spiro atoms. The standard InChI is InChI=1S/C27H21ClFNO3S/c1-16(2)25(26-21-10-9-19(28)12-18(21)15-34-26)27(31)33-24(14-30)17-8-11-22(29)23(13-17)32-20-6-4-3-5-7-20/h3-13,15-16,24-25H,1-2H3. The first kappa shape index (κ1) is 23.7. The van der Waals surface area contributed by atoms with Crippen LogP contribution in [0.3, 0.4) is 0 Å². The van der Waals surface area contributed by atoms with Gasteiger partial charge in [-0.25, -0.2) is 4.39 Å². The molecule has 34 heavy (non-hydrogen) atoms. The maximum atomic E-state index is 14.4. The topological polar surface area (TPSA) is 59.3 Å². The zero-order valence-electron chi connectivity index (χ0n) is 18.5. The molecule has 172 valence electrons. The van der Waals surface area contributed by atoms with E-state index in [1.807, 2.05) is 43.5 Å².